The first-order valence-electron chi connectivity index (χ1n) is 10.4. The van der Waals surface area contributed by atoms with Gasteiger partial charge in [-0.3, -0.25) is 9.13 Å². The first-order valence-corrected chi connectivity index (χ1v) is 11.2. The van der Waals surface area contributed by atoms with Crippen LogP contribution in [-0.2, 0) is 13.1 Å². The Morgan fingerprint density at radius 2 is 1.71 bits per heavy atom. The van der Waals surface area contributed by atoms with Crippen LogP contribution in [-0.4, -0.2) is 38.8 Å². The maximum absolute atomic E-state index is 12.8. The Balaban J connectivity index is 1.44. The van der Waals surface area contributed by atoms with E-state index in [0.29, 0.717) is 34.6 Å². The highest BCUT2D eigenvalue weighted by Gasteiger charge is 2.14. The van der Waals surface area contributed by atoms with E-state index in [2.05, 4.69) is 4.90 Å². The van der Waals surface area contributed by atoms with E-state index in [-0.39, 0.29) is 11.6 Å². The number of halogens is 2. The second kappa shape index (κ2) is 9.81. The molecule has 0 atom stereocenters. The summed E-state index contributed by atoms with van der Waals surface area (Å²) >= 11 is 12.0. The van der Waals surface area contributed by atoms with E-state index in [1.54, 1.807) is 18.2 Å². The van der Waals surface area contributed by atoms with Gasteiger partial charge in [-0.15, -0.1) is 0 Å². The Bertz CT molecular complexity index is 1100. The number of hydrogen-bond acceptors (Lipinski definition) is 4. The molecule has 3 aromatic rings. The number of piperidine rings is 1. The Morgan fingerprint density at radius 3 is 2.48 bits per heavy atom. The lowest BCUT2D eigenvalue weighted by Crippen LogP contribution is -2.35. The fourth-order valence-corrected chi connectivity index (χ4v) is 4.13. The third-order valence-electron chi connectivity index (χ3n) is 5.49. The Kier molecular flexibility index (Phi) is 6.90. The molecule has 0 aliphatic carbocycles. The van der Waals surface area contributed by atoms with Gasteiger partial charge in [0.1, 0.15) is 11.5 Å². The summed E-state index contributed by atoms with van der Waals surface area (Å²) in [6.07, 6.45) is 5.15. The van der Waals surface area contributed by atoms with Crippen molar-refractivity contribution in [1.29, 1.82) is 0 Å². The highest BCUT2D eigenvalue weighted by molar-refractivity contribution is 6.42. The molecule has 0 bridgehead atoms. The Labute approximate surface area is 191 Å². The van der Waals surface area contributed by atoms with Gasteiger partial charge in [-0.05, 0) is 55.8 Å². The molecule has 0 saturated carbocycles. The molecule has 1 fully saturated rings. The van der Waals surface area contributed by atoms with Crippen LogP contribution in [0.1, 0.15) is 24.8 Å². The monoisotopic (exact) mass is 461 g/mol. The van der Waals surface area contributed by atoms with Gasteiger partial charge in [0.25, 0.3) is 0 Å². The highest BCUT2D eigenvalue weighted by atomic mass is 35.5. The van der Waals surface area contributed by atoms with Gasteiger partial charge in [0, 0.05) is 19.2 Å². The molecule has 1 N–H and O–H groups in total. The van der Waals surface area contributed by atoms with E-state index in [0.717, 1.165) is 25.2 Å². The maximum Gasteiger partial charge on any atom is 0.331 e. The van der Waals surface area contributed by atoms with Crippen molar-refractivity contribution in [3.63, 3.8) is 0 Å². The standard InChI is InChI=1S/C23H25Cl2N3O3/c24-20-8-7-19(14-21(20)25)31-18-6-4-5-17(13-18)15-27-16-22(29)28(23(27)30)12-11-26-9-2-1-3-10-26/h4-8,13-14,16,29H,1-3,9-12,15H2. The van der Waals surface area contributed by atoms with Crippen molar-refractivity contribution in [2.75, 3.05) is 19.6 Å². The number of rotatable bonds is 7. The molecule has 0 radical (unpaired) electrons. The molecule has 164 valence electrons. The predicted octanol–water partition coefficient (Wildman–Crippen LogP) is 4.99. The summed E-state index contributed by atoms with van der Waals surface area (Å²) in [6.45, 7) is 3.70. The zero-order chi connectivity index (χ0) is 21.8. The number of aromatic hydroxyl groups is 1. The molecule has 4 rings (SSSR count). The number of likely N-dealkylation sites (tertiary alicyclic amines) is 1. The summed E-state index contributed by atoms with van der Waals surface area (Å²) in [5.41, 5.74) is 0.665. The highest BCUT2D eigenvalue weighted by Crippen LogP contribution is 2.29. The third-order valence-corrected chi connectivity index (χ3v) is 6.23. The molecule has 0 amide bonds. The van der Waals surface area contributed by atoms with Crippen molar-refractivity contribution in [3.05, 3.63) is 74.8 Å². The molecule has 0 spiro atoms. The molecule has 1 aliphatic rings. The van der Waals surface area contributed by atoms with Crippen LogP contribution in [0.2, 0.25) is 10.0 Å². The number of hydrogen-bond donors (Lipinski definition) is 1. The summed E-state index contributed by atoms with van der Waals surface area (Å²) in [4.78, 5) is 15.1. The summed E-state index contributed by atoms with van der Waals surface area (Å²) in [7, 11) is 0. The quantitative estimate of drug-likeness (QED) is 0.538. The fourth-order valence-electron chi connectivity index (χ4n) is 3.85. The maximum atomic E-state index is 12.8. The van der Waals surface area contributed by atoms with Gasteiger partial charge >= 0.3 is 5.69 Å². The summed E-state index contributed by atoms with van der Waals surface area (Å²) in [5, 5.41) is 11.2. The minimum atomic E-state index is -0.217. The molecule has 2 aromatic carbocycles. The van der Waals surface area contributed by atoms with Gasteiger partial charge in [-0.2, -0.15) is 0 Å². The minimum absolute atomic E-state index is 0.00906. The smallest absolute Gasteiger partial charge is 0.331 e. The second-order valence-corrected chi connectivity index (χ2v) is 8.59. The lowest BCUT2D eigenvalue weighted by atomic mass is 10.1. The normalized spacial score (nSPS) is 14.6. The van der Waals surface area contributed by atoms with Gasteiger partial charge in [0.2, 0.25) is 5.88 Å². The minimum Gasteiger partial charge on any atom is -0.493 e. The van der Waals surface area contributed by atoms with Crippen molar-refractivity contribution in [2.24, 2.45) is 0 Å². The summed E-state index contributed by atoms with van der Waals surface area (Å²) < 4.78 is 8.82. The molecule has 1 aromatic heterocycles. The van der Waals surface area contributed by atoms with Crippen LogP contribution in [0.15, 0.2) is 53.5 Å². The van der Waals surface area contributed by atoms with E-state index in [9.17, 15) is 9.90 Å². The van der Waals surface area contributed by atoms with E-state index < -0.39 is 0 Å². The van der Waals surface area contributed by atoms with Crippen LogP contribution < -0.4 is 10.4 Å². The van der Waals surface area contributed by atoms with E-state index in [4.69, 9.17) is 27.9 Å². The molecule has 1 aliphatic heterocycles. The van der Waals surface area contributed by atoms with Crippen LogP contribution in [0.25, 0.3) is 0 Å². The molecular formula is C23H25Cl2N3O3. The molecule has 6 nitrogen and oxygen atoms in total. The van der Waals surface area contributed by atoms with Gasteiger partial charge in [-0.25, -0.2) is 4.79 Å². The summed E-state index contributed by atoms with van der Waals surface area (Å²) in [5.74, 6) is 1.19. The van der Waals surface area contributed by atoms with Gasteiger partial charge in [0.15, 0.2) is 0 Å². The predicted molar refractivity (Wildman–Crippen MR) is 123 cm³/mol. The fraction of sp³-hybridized carbons (Fsp3) is 0.348. The molecule has 2 heterocycles. The number of benzene rings is 2. The first kappa shape index (κ1) is 21.8. The molecule has 31 heavy (non-hydrogen) atoms. The topological polar surface area (TPSA) is 59.6 Å². The van der Waals surface area contributed by atoms with Crippen LogP contribution >= 0.6 is 23.2 Å². The second-order valence-electron chi connectivity index (χ2n) is 7.78. The lowest BCUT2D eigenvalue weighted by molar-refractivity contribution is 0.217. The van der Waals surface area contributed by atoms with E-state index in [1.165, 1.54) is 34.6 Å². The SMILES string of the molecule is O=c1n(Cc2cccc(Oc3ccc(Cl)c(Cl)c3)c2)cc(O)n1CCN1CCCCC1. The molecule has 8 heteroatoms. The van der Waals surface area contributed by atoms with Crippen LogP contribution in [0.5, 0.6) is 17.4 Å². The number of ether oxygens (including phenoxy) is 1. The van der Waals surface area contributed by atoms with Crippen LogP contribution in [0.3, 0.4) is 0 Å². The van der Waals surface area contributed by atoms with Crippen molar-refractivity contribution in [3.8, 4) is 17.4 Å². The Morgan fingerprint density at radius 1 is 0.935 bits per heavy atom. The van der Waals surface area contributed by atoms with Crippen molar-refractivity contribution >= 4 is 23.2 Å². The Hall–Kier alpha value is -2.41. The average molecular weight is 462 g/mol. The molecule has 0 unspecified atom stereocenters. The number of imidazole rings is 1. The lowest BCUT2D eigenvalue weighted by Gasteiger charge is -2.26. The summed E-state index contributed by atoms with van der Waals surface area (Å²) in [6, 6.07) is 12.5. The van der Waals surface area contributed by atoms with Gasteiger partial charge < -0.3 is 14.7 Å². The number of nitrogens with zero attached hydrogens (tertiary/aromatic N) is 3. The third kappa shape index (κ3) is 5.45. The average Bonchev–Trinajstić information content (AvgIpc) is 3.03. The molecular weight excluding hydrogens is 437 g/mol. The van der Waals surface area contributed by atoms with Crippen LogP contribution in [0, 0.1) is 0 Å². The van der Waals surface area contributed by atoms with Crippen molar-refractivity contribution in [2.45, 2.75) is 32.4 Å². The largest absolute Gasteiger partial charge is 0.493 e. The van der Waals surface area contributed by atoms with Crippen molar-refractivity contribution < 1.29 is 9.84 Å². The first-order chi connectivity index (χ1) is 15.0. The van der Waals surface area contributed by atoms with E-state index >= 15 is 0 Å². The van der Waals surface area contributed by atoms with Gasteiger partial charge in [-0.1, -0.05) is 41.8 Å². The zero-order valence-electron chi connectivity index (χ0n) is 17.1. The van der Waals surface area contributed by atoms with Crippen LogP contribution in [0.4, 0.5) is 0 Å². The molecule has 1 saturated heterocycles. The zero-order valence-corrected chi connectivity index (χ0v) is 18.6. The van der Waals surface area contributed by atoms with E-state index in [1.807, 2.05) is 24.3 Å². The number of aromatic nitrogens is 2. The van der Waals surface area contributed by atoms with Gasteiger partial charge in [0.05, 0.1) is 22.8 Å². The van der Waals surface area contributed by atoms with Crippen molar-refractivity contribution in [1.82, 2.24) is 14.0 Å².